The zero-order valence-corrected chi connectivity index (χ0v) is 12.0. The molecule has 2 aliphatic heterocycles. The summed E-state index contributed by atoms with van der Waals surface area (Å²) in [7, 11) is 2.14. The molecular formula is C10H21N2O2PS. The van der Waals surface area contributed by atoms with Crippen molar-refractivity contribution >= 4 is 18.4 Å². The first-order chi connectivity index (χ1) is 7.41. The Kier molecular flexibility index (Phi) is 3.75. The molecule has 0 atom stereocenters. The van der Waals surface area contributed by atoms with Gasteiger partial charge in [0.25, 0.3) is 6.64 Å². The van der Waals surface area contributed by atoms with Crippen LogP contribution >= 0.6 is 6.64 Å². The zero-order valence-electron chi connectivity index (χ0n) is 10.3. The van der Waals surface area contributed by atoms with Crippen molar-refractivity contribution in [1.82, 2.24) is 9.57 Å². The van der Waals surface area contributed by atoms with Gasteiger partial charge in [0, 0.05) is 31.6 Å². The van der Waals surface area contributed by atoms with Gasteiger partial charge in [0.15, 0.2) is 0 Å². The largest absolute Gasteiger partial charge is 0.317 e. The third-order valence-corrected chi connectivity index (χ3v) is 6.39. The third-order valence-electron chi connectivity index (χ3n) is 3.06. The predicted molar refractivity (Wildman–Crippen MR) is 69.0 cm³/mol. The van der Waals surface area contributed by atoms with Crippen molar-refractivity contribution in [2.24, 2.45) is 5.41 Å². The number of likely N-dealkylation sites (N-methyl/N-ethyl adjacent to an activating group) is 1. The maximum atomic E-state index is 5.87. The summed E-state index contributed by atoms with van der Waals surface area (Å²) in [4.78, 5) is 2.31. The van der Waals surface area contributed by atoms with E-state index in [0.29, 0.717) is 0 Å². The lowest BCUT2D eigenvalue weighted by atomic mass is 9.97. The van der Waals surface area contributed by atoms with Gasteiger partial charge in [0.1, 0.15) is 0 Å². The predicted octanol–water partition coefficient (Wildman–Crippen LogP) is 1.53. The fourth-order valence-electron chi connectivity index (χ4n) is 1.80. The molecule has 2 heterocycles. The van der Waals surface area contributed by atoms with E-state index < -0.39 is 6.64 Å². The molecule has 4 nitrogen and oxygen atoms in total. The van der Waals surface area contributed by atoms with Gasteiger partial charge in [0.2, 0.25) is 0 Å². The van der Waals surface area contributed by atoms with E-state index in [4.69, 9.17) is 20.9 Å². The van der Waals surface area contributed by atoms with Gasteiger partial charge in [0.05, 0.1) is 13.2 Å². The van der Waals surface area contributed by atoms with E-state index in [9.17, 15) is 0 Å². The van der Waals surface area contributed by atoms with Gasteiger partial charge >= 0.3 is 0 Å². The first kappa shape index (κ1) is 12.9. The Morgan fingerprint density at radius 3 is 2.06 bits per heavy atom. The zero-order chi connectivity index (χ0) is 11.8. The van der Waals surface area contributed by atoms with Crippen molar-refractivity contribution in [2.45, 2.75) is 13.8 Å². The van der Waals surface area contributed by atoms with Gasteiger partial charge < -0.3 is 13.9 Å². The second-order valence-electron chi connectivity index (χ2n) is 5.44. The van der Waals surface area contributed by atoms with Gasteiger partial charge in [-0.25, -0.2) is 4.67 Å². The lowest BCUT2D eigenvalue weighted by Gasteiger charge is -2.44. The van der Waals surface area contributed by atoms with Crippen LogP contribution in [0.15, 0.2) is 0 Å². The average molecular weight is 264 g/mol. The lowest BCUT2D eigenvalue weighted by Crippen LogP contribution is -2.45. The summed E-state index contributed by atoms with van der Waals surface area (Å²) >= 11 is 5.59. The first-order valence-electron chi connectivity index (χ1n) is 5.74. The van der Waals surface area contributed by atoms with Crippen LogP contribution in [0.3, 0.4) is 0 Å². The highest BCUT2D eigenvalue weighted by molar-refractivity contribution is 8.08. The van der Waals surface area contributed by atoms with Crippen LogP contribution in [0.5, 0.6) is 0 Å². The minimum absolute atomic E-state index is 0.106. The molecule has 2 saturated heterocycles. The summed E-state index contributed by atoms with van der Waals surface area (Å²) < 4.78 is 14.0. The number of hydrogen-bond donors (Lipinski definition) is 0. The van der Waals surface area contributed by atoms with E-state index in [1.807, 2.05) is 0 Å². The fraction of sp³-hybridized carbons (Fsp3) is 1.00. The second kappa shape index (κ2) is 4.63. The molecule has 0 aromatic carbocycles. The lowest BCUT2D eigenvalue weighted by molar-refractivity contribution is 0.0376. The summed E-state index contributed by atoms with van der Waals surface area (Å²) in [5.74, 6) is 0. The van der Waals surface area contributed by atoms with Crippen LogP contribution in [0.4, 0.5) is 0 Å². The Morgan fingerprint density at radius 2 is 1.56 bits per heavy atom. The molecule has 0 aromatic rings. The Morgan fingerprint density at radius 1 is 1.06 bits per heavy atom. The van der Waals surface area contributed by atoms with Crippen molar-refractivity contribution in [3.8, 4) is 0 Å². The van der Waals surface area contributed by atoms with Crippen LogP contribution in [-0.4, -0.2) is 56.0 Å². The van der Waals surface area contributed by atoms with Crippen LogP contribution in [0.2, 0.25) is 0 Å². The molecule has 0 aromatic heterocycles. The van der Waals surface area contributed by atoms with Crippen LogP contribution in [0.1, 0.15) is 13.8 Å². The van der Waals surface area contributed by atoms with Crippen LogP contribution < -0.4 is 0 Å². The minimum atomic E-state index is -2.16. The van der Waals surface area contributed by atoms with Crippen molar-refractivity contribution in [3.63, 3.8) is 0 Å². The Hall–Kier alpha value is 0.490. The molecule has 2 aliphatic rings. The highest BCUT2D eigenvalue weighted by Crippen LogP contribution is 2.56. The quantitative estimate of drug-likeness (QED) is 0.669. The standard InChI is InChI=1S/C10H21N2O2PS/c1-10(2)8-13-15(16,14-9-10)12-6-4-11(3)5-7-12/h4-9H2,1-3H3. The monoisotopic (exact) mass is 264 g/mol. The second-order valence-corrected chi connectivity index (χ2v) is 8.84. The normalized spacial score (nSPS) is 31.4. The Labute approximate surface area is 103 Å². The molecule has 0 N–H and O–H groups in total. The van der Waals surface area contributed by atoms with E-state index >= 15 is 0 Å². The van der Waals surface area contributed by atoms with Crippen molar-refractivity contribution in [3.05, 3.63) is 0 Å². The SMILES string of the molecule is CN1CCN(P2(=S)OCC(C)(C)CO2)CC1. The first-order valence-corrected chi connectivity index (χ1v) is 8.34. The van der Waals surface area contributed by atoms with E-state index in [2.05, 4.69) is 30.5 Å². The molecule has 6 heteroatoms. The van der Waals surface area contributed by atoms with Crippen molar-refractivity contribution in [1.29, 1.82) is 0 Å². The molecule has 94 valence electrons. The van der Waals surface area contributed by atoms with Crippen molar-refractivity contribution in [2.75, 3.05) is 46.4 Å². The van der Waals surface area contributed by atoms with Crippen LogP contribution in [0.25, 0.3) is 0 Å². The van der Waals surface area contributed by atoms with Crippen molar-refractivity contribution < 1.29 is 9.05 Å². The highest BCUT2D eigenvalue weighted by atomic mass is 32.5. The van der Waals surface area contributed by atoms with Crippen LogP contribution in [-0.2, 0) is 20.9 Å². The fourth-order valence-corrected chi connectivity index (χ4v) is 4.70. The van der Waals surface area contributed by atoms with Gasteiger partial charge in [-0.1, -0.05) is 13.8 Å². The molecule has 16 heavy (non-hydrogen) atoms. The topological polar surface area (TPSA) is 24.9 Å². The van der Waals surface area contributed by atoms with E-state index in [1.165, 1.54) is 0 Å². The minimum Gasteiger partial charge on any atom is -0.317 e. The number of nitrogens with zero attached hydrogens (tertiary/aromatic N) is 2. The molecular weight excluding hydrogens is 243 g/mol. The average Bonchev–Trinajstić information content (AvgIpc) is 2.24. The number of piperazine rings is 1. The molecule has 0 aliphatic carbocycles. The Balaban J connectivity index is 1.96. The maximum absolute atomic E-state index is 5.87. The summed E-state index contributed by atoms with van der Waals surface area (Å²) in [5, 5.41) is 0. The summed E-state index contributed by atoms with van der Waals surface area (Å²) in [6.07, 6.45) is 0. The molecule has 0 saturated carbocycles. The van der Waals surface area contributed by atoms with Crippen LogP contribution in [0, 0.1) is 5.41 Å². The Bertz CT molecular complexity index is 289. The summed E-state index contributed by atoms with van der Waals surface area (Å²) in [6.45, 7) is 7.61. The van der Waals surface area contributed by atoms with E-state index in [1.54, 1.807) is 0 Å². The maximum Gasteiger partial charge on any atom is 0.264 e. The van der Waals surface area contributed by atoms with Gasteiger partial charge in [-0.2, -0.15) is 0 Å². The van der Waals surface area contributed by atoms with E-state index in [0.717, 1.165) is 39.4 Å². The van der Waals surface area contributed by atoms with Gasteiger partial charge in [-0.3, -0.25) is 0 Å². The molecule has 0 bridgehead atoms. The molecule has 2 rings (SSSR count). The summed E-state index contributed by atoms with van der Waals surface area (Å²) in [5.41, 5.74) is 0.106. The van der Waals surface area contributed by atoms with Gasteiger partial charge in [-0.15, -0.1) is 0 Å². The molecule has 0 amide bonds. The third kappa shape index (κ3) is 2.84. The summed E-state index contributed by atoms with van der Waals surface area (Å²) in [6, 6.07) is 0. The highest BCUT2D eigenvalue weighted by Gasteiger charge is 2.38. The molecule has 2 fully saturated rings. The molecule has 0 spiro atoms. The molecule has 0 unspecified atom stereocenters. The van der Waals surface area contributed by atoms with Gasteiger partial charge in [-0.05, 0) is 18.9 Å². The number of hydrogen-bond acceptors (Lipinski definition) is 4. The smallest absolute Gasteiger partial charge is 0.264 e. The number of rotatable bonds is 1. The van der Waals surface area contributed by atoms with E-state index in [-0.39, 0.29) is 5.41 Å². The molecule has 0 radical (unpaired) electrons.